The number of hydrogen-bond donors (Lipinski definition) is 0. The first kappa shape index (κ1) is 7.63. The molecule has 0 rings (SSSR count). The van der Waals surface area contributed by atoms with Gasteiger partial charge in [0.2, 0.25) is 0 Å². The molecular weight excluding hydrogens is 104 g/mol. The van der Waals surface area contributed by atoms with Crippen molar-refractivity contribution in [2.24, 2.45) is 0 Å². The molecule has 0 amide bonds. The fourth-order valence-corrected chi connectivity index (χ4v) is 0.284. The second-order valence-corrected chi connectivity index (χ2v) is 2.06. The number of hydrogen-bond acceptors (Lipinski definition) is 2. The fourth-order valence-electron chi connectivity index (χ4n) is 0.284. The lowest BCUT2D eigenvalue weighted by atomic mass is 10.4. The van der Waals surface area contributed by atoms with Crippen molar-refractivity contribution >= 4 is 5.78 Å². The average molecular weight is 116 g/mol. The fraction of sp³-hybridized carbons (Fsp3) is 0.833. The summed E-state index contributed by atoms with van der Waals surface area (Å²) >= 11 is 0. The molecule has 0 aromatic rings. The van der Waals surface area contributed by atoms with Gasteiger partial charge in [0.15, 0.2) is 5.78 Å². The van der Waals surface area contributed by atoms with Crippen LogP contribution in [0, 0.1) is 0 Å². The second-order valence-electron chi connectivity index (χ2n) is 2.06. The summed E-state index contributed by atoms with van der Waals surface area (Å²) in [5.74, 6) is 0.0821. The molecule has 0 aliphatic heterocycles. The Balaban J connectivity index is 3.05. The first-order valence-corrected chi connectivity index (χ1v) is 2.74. The van der Waals surface area contributed by atoms with E-state index >= 15 is 0 Å². The molecule has 0 saturated heterocycles. The van der Waals surface area contributed by atoms with E-state index in [2.05, 4.69) is 0 Å². The summed E-state index contributed by atoms with van der Waals surface area (Å²) in [4.78, 5) is 10.2. The molecule has 0 unspecified atom stereocenters. The predicted molar refractivity (Wildman–Crippen MR) is 31.8 cm³/mol. The minimum atomic E-state index is 0.0821. The second kappa shape index (κ2) is 3.61. The summed E-state index contributed by atoms with van der Waals surface area (Å²) in [5, 5.41) is 0. The molecule has 0 aromatic heterocycles. The summed E-state index contributed by atoms with van der Waals surface area (Å²) in [6, 6.07) is 0. The van der Waals surface area contributed by atoms with E-state index in [9.17, 15) is 4.79 Å². The van der Waals surface area contributed by atoms with Gasteiger partial charge in [-0.2, -0.15) is 0 Å². The standard InChI is InChI=1S/C6H12O2/c1-5(2)8-4-6(3)7/h5H,4H2,1-3H3. The minimum absolute atomic E-state index is 0.0821. The van der Waals surface area contributed by atoms with Crippen LogP contribution >= 0.6 is 0 Å². The molecule has 0 heterocycles. The number of Topliss-reactive ketones (excluding diaryl/α,β-unsaturated/α-hetero) is 1. The molecular formula is C6H12O2. The highest BCUT2D eigenvalue weighted by atomic mass is 16.5. The Morgan fingerprint density at radius 1 is 1.62 bits per heavy atom. The summed E-state index contributed by atoms with van der Waals surface area (Å²) in [5.41, 5.74) is 0. The quantitative estimate of drug-likeness (QED) is 0.550. The molecule has 8 heavy (non-hydrogen) atoms. The highest BCUT2D eigenvalue weighted by Crippen LogP contribution is 1.85. The van der Waals surface area contributed by atoms with Crippen LogP contribution in [0.1, 0.15) is 20.8 Å². The van der Waals surface area contributed by atoms with Gasteiger partial charge in [-0.15, -0.1) is 0 Å². The lowest BCUT2D eigenvalue weighted by Gasteiger charge is -2.02. The largest absolute Gasteiger partial charge is 0.371 e. The summed E-state index contributed by atoms with van der Waals surface area (Å²) in [7, 11) is 0. The molecule has 0 radical (unpaired) electrons. The molecule has 0 atom stereocenters. The van der Waals surface area contributed by atoms with E-state index in [1.807, 2.05) is 13.8 Å². The number of carbonyl (C=O) groups excluding carboxylic acids is 1. The topological polar surface area (TPSA) is 26.3 Å². The molecule has 48 valence electrons. The molecule has 0 aliphatic carbocycles. The highest BCUT2D eigenvalue weighted by Gasteiger charge is 1.94. The van der Waals surface area contributed by atoms with Crippen LogP contribution < -0.4 is 0 Å². The van der Waals surface area contributed by atoms with Gasteiger partial charge in [-0.05, 0) is 20.8 Å². The summed E-state index contributed by atoms with van der Waals surface area (Å²) in [6.45, 7) is 5.58. The predicted octanol–water partition coefficient (Wildman–Crippen LogP) is 1.00. The van der Waals surface area contributed by atoms with Crippen LogP contribution in [0.5, 0.6) is 0 Å². The van der Waals surface area contributed by atoms with Crippen molar-refractivity contribution in [3.8, 4) is 0 Å². The Morgan fingerprint density at radius 3 is 2.25 bits per heavy atom. The van der Waals surface area contributed by atoms with E-state index < -0.39 is 0 Å². The van der Waals surface area contributed by atoms with Crippen LogP contribution in [0.15, 0.2) is 0 Å². The van der Waals surface area contributed by atoms with Crippen molar-refractivity contribution in [1.82, 2.24) is 0 Å². The zero-order valence-electron chi connectivity index (χ0n) is 5.60. The Bertz CT molecular complexity index is 76.6. The molecule has 0 saturated carbocycles. The van der Waals surface area contributed by atoms with E-state index in [0.717, 1.165) is 0 Å². The van der Waals surface area contributed by atoms with Gasteiger partial charge in [-0.1, -0.05) is 0 Å². The Kier molecular flexibility index (Phi) is 3.44. The van der Waals surface area contributed by atoms with Crippen molar-refractivity contribution in [2.75, 3.05) is 6.61 Å². The first-order chi connectivity index (χ1) is 3.63. The van der Waals surface area contributed by atoms with Gasteiger partial charge in [-0.3, -0.25) is 4.79 Å². The maximum atomic E-state index is 10.2. The third-order valence-electron chi connectivity index (χ3n) is 0.620. The molecule has 0 aliphatic rings. The molecule has 0 aromatic carbocycles. The third-order valence-corrected chi connectivity index (χ3v) is 0.620. The molecule has 0 spiro atoms. The minimum Gasteiger partial charge on any atom is -0.371 e. The lowest BCUT2D eigenvalue weighted by molar-refractivity contribution is -0.122. The smallest absolute Gasteiger partial charge is 0.155 e. The van der Waals surface area contributed by atoms with E-state index in [-0.39, 0.29) is 18.5 Å². The highest BCUT2D eigenvalue weighted by molar-refractivity contribution is 5.76. The number of carbonyl (C=O) groups is 1. The van der Waals surface area contributed by atoms with Gasteiger partial charge in [0.05, 0.1) is 6.10 Å². The number of ketones is 1. The monoisotopic (exact) mass is 116 g/mol. The average Bonchev–Trinajstić information content (AvgIpc) is 1.61. The van der Waals surface area contributed by atoms with Crippen LogP contribution in [0.3, 0.4) is 0 Å². The van der Waals surface area contributed by atoms with E-state index in [4.69, 9.17) is 4.74 Å². The third kappa shape index (κ3) is 5.63. The number of ether oxygens (including phenoxy) is 1. The zero-order chi connectivity index (χ0) is 6.57. The van der Waals surface area contributed by atoms with E-state index in [1.54, 1.807) is 0 Å². The van der Waals surface area contributed by atoms with Gasteiger partial charge in [0.25, 0.3) is 0 Å². The van der Waals surface area contributed by atoms with Gasteiger partial charge in [-0.25, -0.2) is 0 Å². The molecule has 2 nitrogen and oxygen atoms in total. The Hall–Kier alpha value is -0.370. The van der Waals surface area contributed by atoms with Crippen LogP contribution in [0.25, 0.3) is 0 Å². The summed E-state index contributed by atoms with van der Waals surface area (Å²) < 4.78 is 4.95. The van der Waals surface area contributed by atoms with Crippen LogP contribution in [-0.2, 0) is 9.53 Å². The Labute approximate surface area is 49.8 Å². The molecule has 0 fully saturated rings. The lowest BCUT2D eigenvalue weighted by Crippen LogP contribution is -2.09. The van der Waals surface area contributed by atoms with E-state index in [0.29, 0.717) is 0 Å². The maximum absolute atomic E-state index is 10.2. The van der Waals surface area contributed by atoms with Crippen molar-refractivity contribution < 1.29 is 9.53 Å². The van der Waals surface area contributed by atoms with E-state index in [1.165, 1.54) is 6.92 Å². The van der Waals surface area contributed by atoms with Gasteiger partial charge in [0.1, 0.15) is 6.61 Å². The van der Waals surface area contributed by atoms with Gasteiger partial charge < -0.3 is 4.74 Å². The van der Waals surface area contributed by atoms with Crippen LogP contribution in [0.2, 0.25) is 0 Å². The van der Waals surface area contributed by atoms with Crippen molar-refractivity contribution in [1.29, 1.82) is 0 Å². The van der Waals surface area contributed by atoms with Gasteiger partial charge in [0, 0.05) is 0 Å². The van der Waals surface area contributed by atoms with Crippen molar-refractivity contribution in [2.45, 2.75) is 26.9 Å². The molecule has 2 heteroatoms. The van der Waals surface area contributed by atoms with Crippen molar-refractivity contribution in [3.63, 3.8) is 0 Å². The van der Waals surface area contributed by atoms with Gasteiger partial charge >= 0.3 is 0 Å². The normalized spacial score (nSPS) is 10.0. The molecule has 0 N–H and O–H groups in total. The SMILES string of the molecule is CC(=O)COC(C)C. The van der Waals surface area contributed by atoms with Crippen LogP contribution in [0.4, 0.5) is 0 Å². The number of rotatable bonds is 3. The zero-order valence-corrected chi connectivity index (χ0v) is 5.60. The van der Waals surface area contributed by atoms with Crippen LogP contribution in [-0.4, -0.2) is 18.5 Å². The summed E-state index contributed by atoms with van der Waals surface area (Å²) in [6.07, 6.45) is 0.166. The Morgan fingerprint density at radius 2 is 2.12 bits per heavy atom. The molecule has 0 bridgehead atoms. The van der Waals surface area contributed by atoms with Crippen molar-refractivity contribution in [3.05, 3.63) is 0 Å². The first-order valence-electron chi connectivity index (χ1n) is 2.74. The maximum Gasteiger partial charge on any atom is 0.155 e.